The van der Waals surface area contributed by atoms with Gasteiger partial charge >= 0.3 is 5.97 Å². The number of nitrogens with zero attached hydrogens (tertiary/aromatic N) is 3. The Balaban J connectivity index is 1.44. The fraction of sp³-hybridized carbons (Fsp3) is 0.346. The number of benzene rings is 2. The molecule has 0 bridgehead atoms. The summed E-state index contributed by atoms with van der Waals surface area (Å²) in [6, 6.07) is 16.0. The van der Waals surface area contributed by atoms with E-state index in [9.17, 15) is 9.18 Å². The Hall–Kier alpha value is -3.52. The molecule has 1 aromatic heterocycles. The molecule has 176 valence electrons. The van der Waals surface area contributed by atoms with Gasteiger partial charge in [0.05, 0.1) is 31.4 Å². The molecule has 2 aliphatic rings. The van der Waals surface area contributed by atoms with Crippen molar-refractivity contribution in [2.24, 2.45) is 0 Å². The molecule has 7 nitrogen and oxygen atoms in total. The summed E-state index contributed by atoms with van der Waals surface area (Å²) in [5, 5.41) is 3.29. The Bertz CT molecular complexity index is 1160. The largest absolute Gasteiger partial charge is 0.468 e. The van der Waals surface area contributed by atoms with Crippen LogP contribution in [0.1, 0.15) is 24.8 Å². The summed E-state index contributed by atoms with van der Waals surface area (Å²) in [5.41, 5.74) is 2.75. The van der Waals surface area contributed by atoms with E-state index in [0.29, 0.717) is 24.9 Å². The molecule has 1 saturated carbocycles. The lowest BCUT2D eigenvalue weighted by molar-refractivity contribution is -0.151. The number of rotatable bonds is 6. The summed E-state index contributed by atoms with van der Waals surface area (Å²) < 4.78 is 24.0. The van der Waals surface area contributed by atoms with Gasteiger partial charge in [0.2, 0.25) is 5.95 Å². The third kappa shape index (κ3) is 4.33. The molecule has 1 aliphatic carbocycles. The third-order valence-electron chi connectivity index (χ3n) is 6.66. The topological polar surface area (TPSA) is 76.6 Å². The molecular formula is C26H27FN4O3. The summed E-state index contributed by atoms with van der Waals surface area (Å²) in [4.78, 5) is 24.0. The lowest BCUT2D eigenvalue weighted by atomic mass is 9.64. The first-order chi connectivity index (χ1) is 16.6. The van der Waals surface area contributed by atoms with E-state index in [2.05, 4.69) is 15.2 Å². The molecule has 2 aromatic carbocycles. The predicted molar refractivity (Wildman–Crippen MR) is 128 cm³/mol. The van der Waals surface area contributed by atoms with Crippen molar-refractivity contribution in [3.63, 3.8) is 0 Å². The Kier molecular flexibility index (Phi) is 6.15. The van der Waals surface area contributed by atoms with Crippen LogP contribution in [-0.2, 0) is 19.7 Å². The number of hydrogen-bond donors (Lipinski definition) is 1. The van der Waals surface area contributed by atoms with Gasteiger partial charge in [-0.2, -0.15) is 4.98 Å². The molecule has 2 heterocycles. The van der Waals surface area contributed by atoms with E-state index < -0.39 is 5.41 Å². The lowest BCUT2D eigenvalue weighted by Crippen LogP contribution is -2.43. The van der Waals surface area contributed by atoms with Gasteiger partial charge < -0.3 is 19.7 Å². The SMILES string of the molecule is COC(=O)C1(c2ccc(Nc3nc(-c4ccc(F)cc4)cc(N4CCOCC4)n3)cc2)CCC1. The third-order valence-corrected chi connectivity index (χ3v) is 6.66. The molecule has 5 rings (SSSR count). The summed E-state index contributed by atoms with van der Waals surface area (Å²) in [6.45, 7) is 2.76. The van der Waals surface area contributed by atoms with E-state index >= 15 is 0 Å². The minimum atomic E-state index is -0.532. The first kappa shape index (κ1) is 22.3. The highest BCUT2D eigenvalue weighted by Crippen LogP contribution is 2.45. The Morgan fingerprint density at radius 2 is 1.76 bits per heavy atom. The smallest absolute Gasteiger partial charge is 0.316 e. The fourth-order valence-electron chi connectivity index (χ4n) is 4.55. The van der Waals surface area contributed by atoms with Gasteiger partial charge in [0, 0.05) is 30.4 Å². The average Bonchev–Trinajstić information content (AvgIpc) is 2.85. The number of halogens is 1. The van der Waals surface area contributed by atoms with Crippen LogP contribution in [0.2, 0.25) is 0 Å². The number of carbonyl (C=O) groups is 1. The summed E-state index contributed by atoms with van der Waals surface area (Å²) in [7, 11) is 1.44. The van der Waals surface area contributed by atoms with Crippen molar-refractivity contribution >= 4 is 23.4 Å². The Labute approximate surface area is 197 Å². The van der Waals surface area contributed by atoms with E-state index in [1.165, 1.54) is 19.2 Å². The monoisotopic (exact) mass is 462 g/mol. The van der Waals surface area contributed by atoms with Crippen molar-refractivity contribution in [3.05, 3.63) is 66.0 Å². The number of methoxy groups -OCH3 is 1. The predicted octanol–water partition coefficient (Wildman–Crippen LogP) is 4.46. The molecule has 0 spiro atoms. The highest BCUT2D eigenvalue weighted by atomic mass is 19.1. The second-order valence-corrected chi connectivity index (χ2v) is 8.67. The van der Waals surface area contributed by atoms with Crippen molar-refractivity contribution in [1.82, 2.24) is 9.97 Å². The maximum atomic E-state index is 13.5. The van der Waals surface area contributed by atoms with Crippen molar-refractivity contribution in [1.29, 1.82) is 0 Å². The number of nitrogens with one attached hydrogen (secondary N) is 1. The minimum absolute atomic E-state index is 0.176. The quantitative estimate of drug-likeness (QED) is 0.542. The number of hydrogen-bond acceptors (Lipinski definition) is 7. The molecular weight excluding hydrogens is 435 g/mol. The molecule has 0 atom stereocenters. The number of aromatic nitrogens is 2. The summed E-state index contributed by atoms with van der Waals surface area (Å²) in [6.07, 6.45) is 2.62. The van der Waals surface area contributed by atoms with E-state index in [-0.39, 0.29) is 11.8 Å². The van der Waals surface area contributed by atoms with E-state index in [4.69, 9.17) is 14.5 Å². The zero-order chi connectivity index (χ0) is 23.5. The van der Waals surface area contributed by atoms with Gasteiger partial charge in [0.25, 0.3) is 0 Å². The van der Waals surface area contributed by atoms with Crippen molar-refractivity contribution in [2.45, 2.75) is 24.7 Å². The first-order valence-electron chi connectivity index (χ1n) is 11.5. The Morgan fingerprint density at radius 3 is 2.38 bits per heavy atom. The van der Waals surface area contributed by atoms with Crippen LogP contribution in [0.25, 0.3) is 11.3 Å². The number of anilines is 3. The van der Waals surface area contributed by atoms with E-state index in [0.717, 1.165) is 55.0 Å². The molecule has 1 saturated heterocycles. The van der Waals surface area contributed by atoms with Gasteiger partial charge in [-0.3, -0.25) is 4.79 Å². The molecule has 8 heteroatoms. The Morgan fingerprint density at radius 1 is 1.06 bits per heavy atom. The highest BCUT2D eigenvalue weighted by Gasteiger charge is 2.46. The number of carbonyl (C=O) groups excluding carboxylic acids is 1. The summed E-state index contributed by atoms with van der Waals surface area (Å²) in [5.74, 6) is 0.768. The maximum absolute atomic E-state index is 13.5. The van der Waals surface area contributed by atoms with E-state index in [1.807, 2.05) is 30.3 Å². The molecule has 3 aromatic rings. The van der Waals surface area contributed by atoms with Crippen LogP contribution in [0.3, 0.4) is 0 Å². The van der Waals surface area contributed by atoms with Crippen LogP contribution in [0, 0.1) is 5.82 Å². The van der Waals surface area contributed by atoms with Gasteiger partial charge in [-0.05, 0) is 54.8 Å². The van der Waals surface area contributed by atoms with Gasteiger partial charge in [-0.25, -0.2) is 9.37 Å². The van der Waals surface area contributed by atoms with Gasteiger partial charge in [0.1, 0.15) is 11.6 Å². The molecule has 2 fully saturated rings. The van der Waals surface area contributed by atoms with Crippen molar-refractivity contribution in [2.75, 3.05) is 43.6 Å². The van der Waals surface area contributed by atoms with E-state index in [1.54, 1.807) is 12.1 Å². The van der Waals surface area contributed by atoms with Crippen LogP contribution in [0.15, 0.2) is 54.6 Å². The second-order valence-electron chi connectivity index (χ2n) is 8.67. The molecule has 34 heavy (non-hydrogen) atoms. The standard InChI is InChI=1S/C26H27FN4O3/c1-33-24(32)26(11-2-12-26)19-5-9-21(10-6-19)28-25-29-22(18-3-7-20(27)8-4-18)17-23(30-25)31-13-15-34-16-14-31/h3-10,17H,2,11-16H2,1H3,(H,28,29,30). The first-order valence-corrected chi connectivity index (χ1v) is 11.5. The average molecular weight is 463 g/mol. The molecule has 0 unspecified atom stereocenters. The van der Waals surface area contributed by atoms with Crippen LogP contribution >= 0.6 is 0 Å². The van der Waals surface area contributed by atoms with Crippen LogP contribution in [-0.4, -0.2) is 49.4 Å². The van der Waals surface area contributed by atoms with Gasteiger partial charge in [-0.1, -0.05) is 18.6 Å². The highest BCUT2D eigenvalue weighted by molar-refractivity contribution is 5.84. The maximum Gasteiger partial charge on any atom is 0.316 e. The van der Waals surface area contributed by atoms with Crippen LogP contribution in [0.5, 0.6) is 0 Å². The van der Waals surface area contributed by atoms with Crippen LogP contribution in [0.4, 0.5) is 21.8 Å². The second kappa shape index (κ2) is 9.38. The van der Waals surface area contributed by atoms with Crippen molar-refractivity contribution in [3.8, 4) is 11.3 Å². The number of morpholine rings is 1. The molecule has 1 aliphatic heterocycles. The molecule has 0 amide bonds. The van der Waals surface area contributed by atoms with Crippen LogP contribution < -0.4 is 10.2 Å². The number of esters is 1. The zero-order valence-corrected chi connectivity index (χ0v) is 19.1. The van der Waals surface area contributed by atoms with Gasteiger partial charge in [-0.15, -0.1) is 0 Å². The fourth-order valence-corrected chi connectivity index (χ4v) is 4.55. The lowest BCUT2D eigenvalue weighted by Gasteiger charge is -2.39. The van der Waals surface area contributed by atoms with Gasteiger partial charge in [0.15, 0.2) is 0 Å². The zero-order valence-electron chi connectivity index (χ0n) is 19.1. The molecule has 0 radical (unpaired) electrons. The summed E-state index contributed by atoms with van der Waals surface area (Å²) >= 11 is 0. The minimum Gasteiger partial charge on any atom is -0.468 e. The normalized spacial score (nSPS) is 17.1. The number of ether oxygens (including phenoxy) is 2. The molecule has 1 N–H and O–H groups in total. The van der Waals surface area contributed by atoms with Crippen molar-refractivity contribution < 1.29 is 18.7 Å².